The van der Waals surface area contributed by atoms with Crippen LogP contribution in [0.1, 0.15) is 55.9 Å². The lowest BCUT2D eigenvalue weighted by Crippen LogP contribution is -2.29. The van der Waals surface area contributed by atoms with Crippen LogP contribution in [0, 0.1) is 5.92 Å². The second kappa shape index (κ2) is 14.2. The SMILES string of the molecule is CC[C@H]1O[C@@H](n2cnc3c(N)ncnc32)C[C@@H]1OP(O)(=S)OC[C@H]1O[C@@H](n2ccc(NC(=O)c3ccccc3)nc2=O)C[C@@H]1C.S. The third kappa shape index (κ3) is 7.31. The Morgan fingerprint density at radius 2 is 1.87 bits per heavy atom. The maximum absolute atomic E-state index is 12.8. The highest BCUT2D eigenvalue weighted by atomic mass is 32.5. The Labute approximate surface area is 276 Å². The zero-order valence-corrected chi connectivity index (χ0v) is 27.7. The van der Waals surface area contributed by atoms with Gasteiger partial charge in [-0.05, 0) is 48.8 Å². The Hall–Kier alpha value is -3.28. The molecule has 18 heteroatoms. The third-order valence-corrected chi connectivity index (χ3v) is 9.50. The number of nitrogens with one attached hydrogen (secondary N) is 1. The highest BCUT2D eigenvalue weighted by Crippen LogP contribution is 2.50. The van der Waals surface area contributed by atoms with Crippen molar-refractivity contribution in [2.45, 2.75) is 63.9 Å². The normalized spacial score (nSPS) is 25.6. The van der Waals surface area contributed by atoms with E-state index in [0.29, 0.717) is 36.0 Å². The number of hydrogen-bond donors (Lipinski definition) is 3. The molecule has 2 saturated heterocycles. The molecule has 7 atom stereocenters. The van der Waals surface area contributed by atoms with Crippen LogP contribution in [0.2, 0.25) is 0 Å². The molecule has 0 bridgehead atoms. The van der Waals surface area contributed by atoms with Crippen LogP contribution in [0.15, 0.2) is 60.0 Å². The minimum absolute atomic E-state index is 0. The number of nitrogens with zero attached hydrogens (tertiary/aromatic N) is 6. The molecule has 1 amide bonds. The molecular formula is C28H35N8O7PS2. The summed E-state index contributed by atoms with van der Waals surface area (Å²) in [5.74, 6) is 0.00851. The average Bonchev–Trinajstić information content (AvgIpc) is 3.73. The molecule has 0 saturated carbocycles. The van der Waals surface area contributed by atoms with Gasteiger partial charge in [-0.15, -0.1) is 0 Å². The molecule has 6 rings (SSSR count). The summed E-state index contributed by atoms with van der Waals surface area (Å²) in [6.45, 7) is 0.177. The number of carbonyl (C=O) groups is 1. The van der Waals surface area contributed by atoms with Gasteiger partial charge in [-0.25, -0.2) is 19.7 Å². The van der Waals surface area contributed by atoms with Crippen LogP contribution in [-0.4, -0.2) is 64.8 Å². The third-order valence-electron chi connectivity index (χ3n) is 7.91. The molecule has 2 fully saturated rings. The fourth-order valence-corrected chi connectivity index (χ4v) is 6.99. The molecule has 15 nitrogen and oxygen atoms in total. The van der Waals surface area contributed by atoms with Crippen molar-refractivity contribution < 1.29 is 28.2 Å². The van der Waals surface area contributed by atoms with Crippen molar-refractivity contribution >= 4 is 60.7 Å². The molecule has 1 aromatic carbocycles. The predicted molar refractivity (Wildman–Crippen MR) is 177 cm³/mol. The van der Waals surface area contributed by atoms with Crippen molar-refractivity contribution in [3.8, 4) is 0 Å². The van der Waals surface area contributed by atoms with Crippen molar-refractivity contribution in [3.63, 3.8) is 0 Å². The molecule has 4 aromatic rings. The van der Waals surface area contributed by atoms with E-state index in [1.165, 1.54) is 23.2 Å². The number of aromatic nitrogens is 6. The standard InChI is InChI=1S/C28H33N8O7PS.H2S/c1-3-18-19(12-23(41-18)36-15-32-24-25(29)30-14-31-26(24)36)43-44(39,45)40-13-20-16(2)11-22(42-20)35-10-9-21(34-28(35)38)33-27(37)17-7-5-4-6-8-17;/h4-10,14-16,18-20,22-23H,3,11-13H2,1-2H3,(H,39,45)(H2,29,30,31)(H,33,34,37,38);1H2/t16-,18+,19-,20+,22+,23+,44?;/m0./s1. The Balaban J connectivity index is 0.00000417. The van der Waals surface area contributed by atoms with E-state index in [9.17, 15) is 14.5 Å². The number of anilines is 2. The average molecular weight is 691 g/mol. The maximum Gasteiger partial charge on any atom is 0.351 e. The van der Waals surface area contributed by atoms with Crippen LogP contribution >= 0.6 is 20.2 Å². The van der Waals surface area contributed by atoms with Gasteiger partial charge >= 0.3 is 12.4 Å². The van der Waals surface area contributed by atoms with Gasteiger partial charge in [0.15, 0.2) is 11.5 Å². The summed E-state index contributed by atoms with van der Waals surface area (Å²) in [4.78, 5) is 52.8. The predicted octanol–water partition coefficient (Wildman–Crippen LogP) is 3.27. The summed E-state index contributed by atoms with van der Waals surface area (Å²) < 4.78 is 27.1. The Morgan fingerprint density at radius 1 is 1.13 bits per heavy atom. The van der Waals surface area contributed by atoms with E-state index >= 15 is 0 Å². The highest BCUT2D eigenvalue weighted by Gasteiger charge is 2.41. The van der Waals surface area contributed by atoms with Crippen molar-refractivity contribution in [1.29, 1.82) is 0 Å². The minimum Gasteiger partial charge on any atom is -0.382 e. The van der Waals surface area contributed by atoms with E-state index in [0.717, 1.165) is 0 Å². The number of amides is 1. The topological polar surface area (TPSA) is 191 Å². The number of benzene rings is 1. The molecule has 4 N–H and O–H groups in total. The number of fused-ring (bicyclic) bond motifs is 1. The van der Waals surface area contributed by atoms with Crippen LogP contribution in [-0.2, 0) is 30.3 Å². The van der Waals surface area contributed by atoms with E-state index < -0.39 is 37.1 Å². The molecule has 246 valence electrons. The summed E-state index contributed by atoms with van der Waals surface area (Å²) in [5, 5.41) is 2.63. The lowest BCUT2D eigenvalue weighted by atomic mass is 10.0. The Morgan fingerprint density at radius 3 is 2.61 bits per heavy atom. The molecular weight excluding hydrogens is 655 g/mol. The lowest BCUT2D eigenvalue weighted by Gasteiger charge is -2.24. The van der Waals surface area contributed by atoms with Crippen molar-refractivity contribution in [2.24, 2.45) is 5.92 Å². The van der Waals surface area contributed by atoms with E-state index in [1.54, 1.807) is 41.2 Å². The van der Waals surface area contributed by atoms with E-state index in [2.05, 4.69) is 25.3 Å². The van der Waals surface area contributed by atoms with Gasteiger partial charge in [0.2, 0.25) is 0 Å². The van der Waals surface area contributed by atoms with Crippen LogP contribution in [0.5, 0.6) is 0 Å². The molecule has 1 unspecified atom stereocenters. The molecule has 46 heavy (non-hydrogen) atoms. The fourth-order valence-electron chi connectivity index (χ4n) is 5.52. The van der Waals surface area contributed by atoms with Gasteiger partial charge in [0.25, 0.3) is 5.91 Å². The van der Waals surface area contributed by atoms with Crippen molar-refractivity contribution in [2.75, 3.05) is 17.7 Å². The van der Waals surface area contributed by atoms with E-state index in [-0.39, 0.29) is 49.7 Å². The van der Waals surface area contributed by atoms with E-state index in [4.69, 9.17) is 36.1 Å². The number of nitrogen functional groups attached to an aromatic ring is 1. The minimum atomic E-state index is -3.70. The summed E-state index contributed by atoms with van der Waals surface area (Å²) in [6, 6.07) is 10.2. The second-order valence-corrected chi connectivity index (χ2v) is 13.7. The van der Waals surface area contributed by atoms with Gasteiger partial charge in [0, 0.05) is 18.2 Å². The highest BCUT2D eigenvalue weighted by molar-refractivity contribution is 8.07. The van der Waals surface area contributed by atoms with Gasteiger partial charge in [0.1, 0.15) is 30.1 Å². The smallest absolute Gasteiger partial charge is 0.351 e. The van der Waals surface area contributed by atoms with Crippen LogP contribution in [0.25, 0.3) is 11.2 Å². The molecule has 0 aliphatic carbocycles. The van der Waals surface area contributed by atoms with Gasteiger partial charge in [-0.1, -0.05) is 32.0 Å². The zero-order valence-electron chi connectivity index (χ0n) is 25.0. The molecule has 5 heterocycles. The molecule has 2 aliphatic rings. The van der Waals surface area contributed by atoms with Gasteiger partial charge in [-0.3, -0.25) is 13.9 Å². The number of nitrogens with two attached hydrogens (primary N) is 1. The molecule has 3 aromatic heterocycles. The fraction of sp³-hybridized carbons (Fsp3) is 0.429. The first kappa shape index (κ1) is 34.1. The second-order valence-electron chi connectivity index (χ2n) is 10.9. The van der Waals surface area contributed by atoms with Crippen molar-refractivity contribution in [1.82, 2.24) is 29.1 Å². The van der Waals surface area contributed by atoms with Gasteiger partial charge < -0.3 is 34.5 Å². The summed E-state index contributed by atoms with van der Waals surface area (Å²) in [6.07, 6.45) is 3.56. The first-order valence-corrected chi connectivity index (χ1v) is 17.1. The quantitative estimate of drug-likeness (QED) is 0.206. The molecule has 2 aliphatic heterocycles. The van der Waals surface area contributed by atoms with Gasteiger partial charge in [0.05, 0.1) is 31.2 Å². The Kier molecular flexibility index (Phi) is 10.5. The number of imidazole rings is 1. The van der Waals surface area contributed by atoms with Crippen LogP contribution < -0.4 is 16.7 Å². The van der Waals surface area contributed by atoms with Crippen molar-refractivity contribution in [3.05, 3.63) is 71.3 Å². The van der Waals surface area contributed by atoms with E-state index in [1.807, 2.05) is 13.8 Å². The van der Waals surface area contributed by atoms with Gasteiger partial charge in [-0.2, -0.15) is 18.5 Å². The van der Waals surface area contributed by atoms with Crippen LogP contribution in [0.3, 0.4) is 0 Å². The monoisotopic (exact) mass is 690 g/mol. The summed E-state index contributed by atoms with van der Waals surface area (Å²) in [7, 11) is 0. The first-order valence-electron chi connectivity index (χ1n) is 14.5. The first-order chi connectivity index (χ1) is 21.6. The number of ether oxygens (including phenoxy) is 2. The lowest BCUT2D eigenvalue weighted by molar-refractivity contribution is -0.0348. The Bertz CT molecular complexity index is 1790. The molecule has 0 radical (unpaired) electrons. The maximum atomic E-state index is 12.8. The molecule has 0 spiro atoms. The largest absolute Gasteiger partial charge is 0.382 e. The summed E-state index contributed by atoms with van der Waals surface area (Å²) in [5.41, 5.74) is 6.80. The van der Waals surface area contributed by atoms with Crippen LogP contribution in [0.4, 0.5) is 11.6 Å². The number of carbonyl (C=O) groups excluding carboxylic acids is 1. The zero-order chi connectivity index (χ0) is 31.7. The number of hydrogen-bond acceptors (Lipinski definition) is 12. The number of rotatable bonds is 10. The summed E-state index contributed by atoms with van der Waals surface area (Å²) >= 11 is 5.37.